The molecular weight excluding hydrogens is 283 g/mol. The van der Waals surface area contributed by atoms with E-state index in [1.807, 2.05) is 26.0 Å². The molecule has 102 valence electrons. The lowest BCUT2D eigenvalue weighted by atomic mass is 10.1. The van der Waals surface area contributed by atoms with Gasteiger partial charge in [-0.2, -0.15) is 0 Å². The fourth-order valence-electron chi connectivity index (χ4n) is 1.90. The minimum Gasteiger partial charge on any atom is -0.444 e. The first-order chi connectivity index (χ1) is 8.97. The maximum Gasteiger partial charge on any atom is 0.211 e. The minimum atomic E-state index is 0.0261. The predicted molar refractivity (Wildman–Crippen MR) is 77.7 cm³/mol. The fourth-order valence-corrected chi connectivity index (χ4v) is 2.20. The molecule has 0 radical (unpaired) electrons. The standard InChI is InChI=1S/C14H16Cl2N2O/c1-8-7-17-14(19-8)10(3)18-9(2)11-4-5-12(15)13(16)6-11/h4-7,9-10,18H,1-3H3. The quantitative estimate of drug-likeness (QED) is 0.889. The van der Waals surface area contributed by atoms with Crippen LogP contribution < -0.4 is 5.32 Å². The van der Waals surface area contributed by atoms with Crippen LogP contribution in [0.4, 0.5) is 0 Å². The van der Waals surface area contributed by atoms with Gasteiger partial charge >= 0.3 is 0 Å². The van der Waals surface area contributed by atoms with Crippen molar-refractivity contribution in [1.29, 1.82) is 0 Å². The Labute approximate surface area is 122 Å². The van der Waals surface area contributed by atoms with E-state index >= 15 is 0 Å². The van der Waals surface area contributed by atoms with Gasteiger partial charge in [0.15, 0.2) is 0 Å². The Bertz CT molecular complexity index is 568. The highest BCUT2D eigenvalue weighted by molar-refractivity contribution is 6.42. The van der Waals surface area contributed by atoms with Crippen LogP contribution in [-0.4, -0.2) is 4.98 Å². The highest BCUT2D eigenvalue weighted by Crippen LogP contribution is 2.26. The van der Waals surface area contributed by atoms with Crippen molar-refractivity contribution in [2.45, 2.75) is 32.9 Å². The molecule has 0 aliphatic carbocycles. The first-order valence-electron chi connectivity index (χ1n) is 6.10. The van der Waals surface area contributed by atoms with E-state index in [4.69, 9.17) is 27.6 Å². The molecular formula is C14H16Cl2N2O. The van der Waals surface area contributed by atoms with Gasteiger partial charge in [-0.3, -0.25) is 5.32 Å². The zero-order valence-electron chi connectivity index (χ0n) is 11.1. The molecule has 0 aliphatic rings. The smallest absolute Gasteiger partial charge is 0.211 e. The number of nitrogens with one attached hydrogen (secondary N) is 1. The lowest BCUT2D eigenvalue weighted by Gasteiger charge is -2.18. The first kappa shape index (κ1) is 14.4. The lowest BCUT2D eigenvalue weighted by molar-refractivity contribution is 0.380. The number of halogens is 2. The number of aromatic nitrogens is 1. The molecule has 19 heavy (non-hydrogen) atoms. The molecule has 5 heteroatoms. The Balaban J connectivity index is 2.07. The topological polar surface area (TPSA) is 38.1 Å². The lowest BCUT2D eigenvalue weighted by Crippen LogP contribution is -2.22. The van der Waals surface area contributed by atoms with E-state index in [0.29, 0.717) is 15.9 Å². The van der Waals surface area contributed by atoms with E-state index in [1.165, 1.54) is 0 Å². The van der Waals surface area contributed by atoms with Crippen molar-refractivity contribution in [3.63, 3.8) is 0 Å². The second kappa shape index (κ2) is 5.95. The largest absolute Gasteiger partial charge is 0.444 e. The molecule has 1 heterocycles. The van der Waals surface area contributed by atoms with E-state index in [0.717, 1.165) is 11.3 Å². The molecule has 0 aliphatic heterocycles. The summed E-state index contributed by atoms with van der Waals surface area (Å²) in [6, 6.07) is 5.78. The maximum atomic E-state index is 6.02. The summed E-state index contributed by atoms with van der Waals surface area (Å²) in [5.41, 5.74) is 1.07. The van der Waals surface area contributed by atoms with Crippen LogP contribution in [0.2, 0.25) is 10.0 Å². The summed E-state index contributed by atoms with van der Waals surface area (Å²) >= 11 is 11.9. The zero-order chi connectivity index (χ0) is 14.0. The van der Waals surface area contributed by atoms with Gasteiger partial charge in [0.2, 0.25) is 5.89 Å². The SMILES string of the molecule is Cc1cnc(C(C)NC(C)c2ccc(Cl)c(Cl)c2)o1. The van der Waals surface area contributed by atoms with Gasteiger partial charge in [0.1, 0.15) is 5.76 Å². The van der Waals surface area contributed by atoms with Crippen LogP contribution in [0, 0.1) is 6.92 Å². The highest BCUT2D eigenvalue weighted by atomic mass is 35.5. The molecule has 2 unspecified atom stereocenters. The Hall–Kier alpha value is -1.03. The second-order valence-electron chi connectivity index (χ2n) is 4.59. The van der Waals surface area contributed by atoms with Crippen LogP contribution in [-0.2, 0) is 0 Å². The Morgan fingerprint density at radius 2 is 1.89 bits per heavy atom. The van der Waals surface area contributed by atoms with E-state index in [2.05, 4.69) is 17.2 Å². The zero-order valence-corrected chi connectivity index (χ0v) is 12.6. The van der Waals surface area contributed by atoms with Crippen molar-refractivity contribution in [3.05, 3.63) is 51.7 Å². The summed E-state index contributed by atoms with van der Waals surface area (Å²) in [4.78, 5) is 4.22. The van der Waals surface area contributed by atoms with Crippen LogP contribution in [0.1, 0.15) is 43.1 Å². The molecule has 1 N–H and O–H groups in total. The number of aryl methyl sites for hydroxylation is 1. The number of rotatable bonds is 4. The summed E-state index contributed by atoms with van der Waals surface area (Å²) in [6.07, 6.45) is 1.72. The summed E-state index contributed by atoms with van der Waals surface area (Å²) in [5.74, 6) is 1.50. The second-order valence-corrected chi connectivity index (χ2v) is 5.41. The van der Waals surface area contributed by atoms with Gasteiger partial charge in [-0.1, -0.05) is 29.3 Å². The molecule has 3 nitrogen and oxygen atoms in total. The molecule has 2 atom stereocenters. The summed E-state index contributed by atoms with van der Waals surface area (Å²) in [5, 5.41) is 4.54. The van der Waals surface area contributed by atoms with Crippen LogP contribution in [0.15, 0.2) is 28.8 Å². The van der Waals surface area contributed by atoms with E-state index < -0.39 is 0 Å². The number of oxazole rings is 1. The molecule has 1 aromatic heterocycles. The fraction of sp³-hybridized carbons (Fsp3) is 0.357. The monoisotopic (exact) mass is 298 g/mol. The van der Waals surface area contributed by atoms with Gasteiger partial charge in [-0.15, -0.1) is 0 Å². The number of hydrogen-bond acceptors (Lipinski definition) is 3. The van der Waals surface area contributed by atoms with Crippen LogP contribution in [0.3, 0.4) is 0 Å². The average molecular weight is 299 g/mol. The van der Waals surface area contributed by atoms with Gasteiger partial charge in [0.05, 0.1) is 22.3 Å². The third kappa shape index (κ3) is 3.50. The molecule has 0 fully saturated rings. The molecule has 0 saturated carbocycles. The predicted octanol–water partition coefficient (Wildman–Crippen LogP) is 4.70. The first-order valence-corrected chi connectivity index (χ1v) is 6.86. The van der Waals surface area contributed by atoms with Crippen LogP contribution >= 0.6 is 23.2 Å². The normalized spacial score (nSPS) is 14.4. The molecule has 0 spiro atoms. The maximum absolute atomic E-state index is 6.02. The Kier molecular flexibility index (Phi) is 4.50. The van der Waals surface area contributed by atoms with E-state index in [9.17, 15) is 0 Å². The summed E-state index contributed by atoms with van der Waals surface area (Å²) < 4.78 is 5.50. The molecule has 2 aromatic rings. The Morgan fingerprint density at radius 1 is 1.16 bits per heavy atom. The number of benzene rings is 1. The van der Waals surface area contributed by atoms with Crippen molar-refractivity contribution < 1.29 is 4.42 Å². The van der Waals surface area contributed by atoms with Gasteiger partial charge in [-0.25, -0.2) is 4.98 Å². The van der Waals surface area contributed by atoms with Gasteiger partial charge in [-0.05, 0) is 38.5 Å². The van der Waals surface area contributed by atoms with Crippen molar-refractivity contribution >= 4 is 23.2 Å². The Morgan fingerprint density at radius 3 is 2.47 bits per heavy atom. The third-order valence-electron chi connectivity index (χ3n) is 2.95. The molecule has 0 amide bonds. The van der Waals surface area contributed by atoms with E-state index in [-0.39, 0.29) is 12.1 Å². The number of hydrogen-bond donors (Lipinski definition) is 1. The van der Waals surface area contributed by atoms with Crippen molar-refractivity contribution in [2.24, 2.45) is 0 Å². The average Bonchev–Trinajstić information content (AvgIpc) is 2.79. The van der Waals surface area contributed by atoms with E-state index in [1.54, 1.807) is 12.3 Å². The summed E-state index contributed by atoms with van der Waals surface area (Å²) in [7, 11) is 0. The third-order valence-corrected chi connectivity index (χ3v) is 3.69. The minimum absolute atomic E-state index is 0.0261. The summed E-state index contributed by atoms with van der Waals surface area (Å²) in [6.45, 7) is 5.96. The van der Waals surface area contributed by atoms with Gasteiger partial charge < -0.3 is 4.42 Å². The van der Waals surface area contributed by atoms with Crippen molar-refractivity contribution in [1.82, 2.24) is 10.3 Å². The number of nitrogens with zero attached hydrogens (tertiary/aromatic N) is 1. The van der Waals surface area contributed by atoms with Gasteiger partial charge in [0.25, 0.3) is 0 Å². The molecule has 0 bridgehead atoms. The molecule has 1 aromatic carbocycles. The van der Waals surface area contributed by atoms with Crippen LogP contribution in [0.25, 0.3) is 0 Å². The van der Waals surface area contributed by atoms with Gasteiger partial charge in [0, 0.05) is 6.04 Å². The van der Waals surface area contributed by atoms with Crippen molar-refractivity contribution in [3.8, 4) is 0 Å². The highest BCUT2D eigenvalue weighted by Gasteiger charge is 2.15. The van der Waals surface area contributed by atoms with Crippen molar-refractivity contribution in [2.75, 3.05) is 0 Å². The molecule has 2 rings (SSSR count). The van der Waals surface area contributed by atoms with Crippen LogP contribution in [0.5, 0.6) is 0 Å². The molecule has 0 saturated heterocycles.